The quantitative estimate of drug-likeness (QED) is 0.564. The maximum absolute atomic E-state index is 13.8. The minimum absolute atomic E-state index is 0.103. The molecule has 4 rings (SSSR count). The molecular formula is C26H27FN2O5. The molecule has 0 unspecified atom stereocenters. The highest BCUT2D eigenvalue weighted by Crippen LogP contribution is 2.32. The zero-order chi connectivity index (χ0) is 24.7. The highest BCUT2D eigenvalue weighted by molar-refractivity contribution is 6.05. The van der Waals surface area contributed by atoms with Gasteiger partial charge in [0.2, 0.25) is 0 Å². The summed E-state index contributed by atoms with van der Waals surface area (Å²) in [6.45, 7) is 4.02. The standard InChI is InChI=1S/C24H23FN2O3.C2H4O2/c1-16-13-17(11-12-19(16)24(28)26-21-8-4-3-7-20(21)25)29-15-18-14-27(2)22-9-5-6-10-23(22)30-18;1-2(3)4/h3-13,18H,14-15H2,1-2H3,(H,26,28);1H3,(H,3,4)/t18-;/m0./s1. The van der Waals surface area contributed by atoms with E-state index < -0.39 is 11.8 Å². The lowest BCUT2D eigenvalue weighted by atomic mass is 10.1. The molecule has 7 nitrogen and oxygen atoms in total. The number of hydrogen-bond acceptors (Lipinski definition) is 5. The average Bonchev–Trinajstić information content (AvgIpc) is 2.79. The fourth-order valence-corrected chi connectivity index (χ4v) is 3.50. The molecule has 8 heteroatoms. The Balaban J connectivity index is 0.000000751. The van der Waals surface area contributed by atoms with Gasteiger partial charge in [-0.2, -0.15) is 0 Å². The first-order chi connectivity index (χ1) is 16.2. The van der Waals surface area contributed by atoms with Crippen LogP contribution in [0.3, 0.4) is 0 Å². The molecule has 3 aromatic carbocycles. The van der Waals surface area contributed by atoms with Gasteiger partial charge in [-0.15, -0.1) is 0 Å². The highest BCUT2D eigenvalue weighted by Gasteiger charge is 2.23. The van der Waals surface area contributed by atoms with Gasteiger partial charge >= 0.3 is 0 Å². The Labute approximate surface area is 197 Å². The van der Waals surface area contributed by atoms with Gasteiger partial charge in [-0.05, 0) is 55.0 Å². The predicted molar refractivity (Wildman–Crippen MR) is 128 cm³/mol. The molecule has 34 heavy (non-hydrogen) atoms. The lowest BCUT2D eigenvalue weighted by Gasteiger charge is -2.33. The number of para-hydroxylation sites is 3. The molecule has 0 fully saturated rings. The van der Waals surface area contributed by atoms with Gasteiger partial charge in [-0.3, -0.25) is 9.59 Å². The van der Waals surface area contributed by atoms with Crippen molar-refractivity contribution in [1.29, 1.82) is 0 Å². The van der Waals surface area contributed by atoms with E-state index in [1.165, 1.54) is 12.1 Å². The van der Waals surface area contributed by atoms with Gasteiger partial charge in [-0.1, -0.05) is 24.3 Å². The van der Waals surface area contributed by atoms with Crippen molar-refractivity contribution in [1.82, 2.24) is 0 Å². The third-order valence-corrected chi connectivity index (χ3v) is 5.05. The van der Waals surface area contributed by atoms with Gasteiger partial charge in [0.15, 0.2) is 0 Å². The van der Waals surface area contributed by atoms with Crippen molar-refractivity contribution in [3.63, 3.8) is 0 Å². The topological polar surface area (TPSA) is 88.1 Å². The van der Waals surface area contributed by atoms with E-state index in [0.29, 0.717) is 17.9 Å². The van der Waals surface area contributed by atoms with Gasteiger partial charge in [0, 0.05) is 19.5 Å². The number of aryl methyl sites for hydroxylation is 1. The molecule has 0 radical (unpaired) electrons. The van der Waals surface area contributed by atoms with E-state index in [0.717, 1.165) is 30.5 Å². The van der Waals surface area contributed by atoms with Crippen LogP contribution in [-0.2, 0) is 4.79 Å². The second kappa shape index (κ2) is 11.2. The van der Waals surface area contributed by atoms with Crippen LogP contribution in [0.25, 0.3) is 0 Å². The van der Waals surface area contributed by atoms with Crippen molar-refractivity contribution >= 4 is 23.3 Å². The van der Waals surface area contributed by atoms with Gasteiger partial charge in [0.25, 0.3) is 11.9 Å². The van der Waals surface area contributed by atoms with Crippen LogP contribution in [0.5, 0.6) is 11.5 Å². The van der Waals surface area contributed by atoms with Crippen molar-refractivity contribution in [3.05, 3.63) is 83.7 Å². The van der Waals surface area contributed by atoms with E-state index >= 15 is 0 Å². The summed E-state index contributed by atoms with van der Waals surface area (Å²) in [6, 6.07) is 19.2. The molecule has 0 saturated heterocycles. The second-order valence-corrected chi connectivity index (χ2v) is 7.83. The summed E-state index contributed by atoms with van der Waals surface area (Å²) in [6.07, 6.45) is -0.103. The number of nitrogens with one attached hydrogen (secondary N) is 1. The Hall–Kier alpha value is -4.07. The van der Waals surface area contributed by atoms with Crippen LogP contribution in [0.2, 0.25) is 0 Å². The summed E-state index contributed by atoms with van der Waals surface area (Å²) in [7, 11) is 2.03. The predicted octanol–water partition coefficient (Wildman–Crippen LogP) is 4.75. The molecule has 0 saturated carbocycles. The van der Waals surface area contributed by atoms with E-state index in [1.54, 1.807) is 30.3 Å². The zero-order valence-electron chi connectivity index (χ0n) is 19.2. The fraction of sp³-hybridized carbons (Fsp3) is 0.231. The van der Waals surface area contributed by atoms with Crippen LogP contribution >= 0.6 is 0 Å². The number of ether oxygens (including phenoxy) is 2. The normalized spacial score (nSPS) is 14.1. The van der Waals surface area contributed by atoms with Crippen molar-refractivity contribution < 1.29 is 28.6 Å². The lowest BCUT2D eigenvalue weighted by molar-refractivity contribution is -0.134. The number of likely N-dealkylation sites (N-methyl/N-ethyl adjacent to an activating group) is 1. The molecule has 178 valence electrons. The number of carbonyl (C=O) groups is 2. The number of nitrogens with zero attached hydrogens (tertiary/aromatic N) is 1. The minimum Gasteiger partial charge on any atom is -0.490 e. The number of carboxylic acids is 1. The number of carbonyl (C=O) groups excluding carboxylic acids is 1. The summed E-state index contributed by atoms with van der Waals surface area (Å²) < 4.78 is 25.7. The largest absolute Gasteiger partial charge is 0.490 e. The number of halogens is 1. The second-order valence-electron chi connectivity index (χ2n) is 7.83. The monoisotopic (exact) mass is 466 g/mol. The maximum atomic E-state index is 13.8. The average molecular weight is 467 g/mol. The third-order valence-electron chi connectivity index (χ3n) is 5.05. The number of rotatable bonds is 5. The summed E-state index contributed by atoms with van der Waals surface area (Å²) in [5.41, 5.74) is 2.43. The zero-order valence-corrected chi connectivity index (χ0v) is 19.2. The molecule has 0 bridgehead atoms. The van der Waals surface area contributed by atoms with Crippen LogP contribution < -0.4 is 19.7 Å². The highest BCUT2D eigenvalue weighted by atomic mass is 19.1. The van der Waals surface area contributed by atoms with Crippen molar-refractivity contribution in [2.75, 3.05) is 30.4 Å². The van der Waals surface area contributed by atoms with Gasteiger partial charge in [0.1, 0.15) is 30.0 Å². The van der Waals surface area contributed by atoms with E-state index in [9.17, 15) is 9.18 Å². The number of benzene rings is 3. The summed E-state index contributed by atoms with van der Waals surface area (Å²) in [5, 5.41) is 10.0. The number of anilines is 2. The van der Waals surface area contributed by atoms with Gasteiger partial charge in [-0.25, -0.2) is 4.39 Å². The number of aliphatic carboxylic acids is 1. The first-order valence-corrected chi connectivity index (χ1v) is 10.7. The number of amides is 1. The lowest BCUT2D eigenvalue weighted by Crippen LogP contribution is -2.41. The number of hydrogen-bond donors (Lipinski definition) is 2. The minimum atomic E-state index is -0.833. The van der Waals surface area contributed by atoms with Crippen LogP contribution in [0.1, 0.15) is 22.8 Å². The Kier molecular flexibility index (Phi) is 8.08. The SMILES string of the molecule is CC(=O)O.Cc1cc(OC[C@@H]2CN(C)c3ccccc3O2)ccc1C(=O)Nc1ccccc1F. The summed E-state index contributed by atoms with van der Waals surface area (Å²) in [5.74, 6) is -0.170. The van der Waals surface area contributed by atoms with Crippen LogP contribution in [0, 0.1) is 12.7 Å². The Bertz CT molecular complexity index is 1160. The molecule has 1 heterocycles. The van der Waals surface area contributed by atoms with Crippen LogP contribution in [0.4, 0.5) is 15.8 Å². The molecule has 0 spiro atoms. The fourth-order valence-electron chi connectivity index (χ4n) is 3.50. The number of carboxylic acid groups (broad SMARTS) is 1. The molecular weight excluding hydrogens is 439 g/mol. The van der Waals surface area contributed by atoms with E-state index in [4.69, 9.17) is 19.4 Å². The summed E-state index contributed by atoms with van der Waals surface area (Å²) >= 11 is 0. The first-order valence-electron chi connectivity index (χ1n) is 10.7. The molecule has 1 aliphatic heterocycles. The van der Waals surface area contributed by atoms with E-state index in [-0.39, 0.29) is 17.7 Å². The van der Waals surface area contributed by atoms with Crippen molar-refractivity contribution in [2.24, 2.45) is 0 Å². The molecule has 1 amide bonds. The van der Waals surface area contributed by atoms with E-state index in [1.807, 2.05) is 38.2 Å². The Morgan fingerprint density at radius 1 is 1.15 bits per heavy atom. The number of fused-ring (bicyclic) bond motifs is 1. The molecule has 0 aromatic heterocycles. The molecule has 1 aliphatic rings. The molecule has 1 atom stereocenters. The third kappa shape index (κ3) is 6.48. The smallest absolute Gasteiger partial charge is 0.300 e. The molecule has 3 aromatic rings. The summed E-state index contributed by atoms with van der Waals surface area (Å²) in [4.78, 5) is 23.7. The first kappa shape index (κ1) is 24.6. The Morgan fingerprint density at radius 3 is 2.53 bits per heavy atom. The van der Waals surface area contributed by atoms with E-state index in [2.05, 4.69) is 10.2 Å². The van der Waals surface area contributed by atoms with Gasteiger partial charge < -0.3 is 24.8 Å². The maximum Gasteiger partial charge on any atom is 0.300 e. The van der Waals surface area contributed by atoms with Crippen LogP contribution in [-0.4, -0.2) is 43.3 Å². The van der Waals surface area contributed by atoms with Crippen molar-refractivity contribution in [3.8, 4) is 11.5 Å². The van der Waals surface area contributed by atoms with Crippen molar-refractivity contribution in [2.45, 2.75) is 20.0 Å². The molecule has 2 N–H and O–H groups in total. The molecule has 0 aliphatic carbocycles. The van der Waals surface area contributed by atoms with Gasteiger partial charge in [0.05, 0.1) is 17.9 Å². The van der Waals surface area contributed by atoms with Crippen LogP contribution in [0.15, 0.2) is 66.7 Å². The Morgan fingerprint density at radius 2 is 1.82 bits per heavy atom.